The zero-order valence-corrected chi connectivity index (χ0v) is 19.2. The molecule has 5 rings (SSSR count). The highest BCUT2D eigenvalue weighted by atomic mass is 35.5. The smallest absolute Gasteiger partial charge is 0.255 e. The Balaban J connectivity index is 1.38. The lowest BCUT2D eigenvalue weighted by Crippen LogP contribution is -2.52. The summed E-state index contributed by atoms with van der Waals surface area (Å²) in [5, 5.41) is 4.88. The van der Waals surface area contributed by atoms with Crippen molar-refractivity contribution in [3.63, 3.8) is 0 Å². The van der Waals surface area contributed by atoms with Gasteiger partial charge in [0.05, 0.1) is 5.02 Å². The Morgan fingerprint density at radius 1 is 1.26 bits per heavy atom. The predicted molar refractivity (Wildman–Crippen MR) is 120 cm³/mol. The molecule has 3 aliphatic rings. The van der Waals surface area contributed by atoms with Gasteiger partial charge in [0.1, 0.15) is 29.3 Å². The molecule has 2 N–H and O–H groups in total. The van der Waals surface area contributed by atoms with E-state index in [4.69, 9.17) is 11.6 Å². The van der Waals surface area contributed by atoms with Crippen LogP contribution in [0.3, 0.4) is 0 Å². The van der Waals surface area contributed by atoms with E-state index in [-0.39, 0.29) is 60.3 Å². The highest BCUT2D eigenvalue weighted by Gasteiger charge is 2.48. The number of carbonyl (C=O) groups is 4. The number of nitrogens with zero attached hydrogens (tertiary/aromatic N) is 2. The van der Waals surface area contributed by atoms with Gasteiger partial charge in [-0.25, -0.2) is 8.78 Å². The fraction of sp³-hybridized carbons (Fsp3) is 0.375. The third-order valence-corrected chi connectivity index (χ3v) is 7.08. The summed E-state index contributed by atoms with van der Waals surface area (Å²) in [6.07, 6.45) is 2.47. The van der Waals surface area contributed by atoms with Crippen molar-refractivity contribution in [2.75, 3.05) is 0 Å². The maximum absolute atomic E-state index is 15.4. The van der Waals surface area contributed by atoms with Gasteiger partial charge in [-0.1, -0.05) is 11.6 Å². The van der Waals surface area contributed by atoms with Gasteiger partial charge < -0.3 is 10.2 Å². The van der Waals surface area contributed by atoms with Gasteiger partial charge in [-0.15, -0.1) is 0 Å². The first-order valence-corrected chi connectivity index (χ1v) is 11.6. The van der Waals surface area contributed by atoms with Crippen LogP contribution in [0.4, 0.5) is 8.78 Å². The zero-order valence-electron chi connectivity index (χ0n) is 18.4. The topological polar surface area (TPSA) is 108 Å². The van der Waals surface area contributed by atoms with Crippen LogP contribution >= 0.6 is 11.6 Å². The van der Waals surface area contributed by atoms with Gasteiger partial charge in [0, 0.05) is 30.3 Å². The van der Waals surface area contributed by atoms with Crippen LogP contribution in [-0.2, 0) is 16.1 Å². The van der Waals surface area contributed by atoms with E-state index in [1.807, 2.05) is 0 Å². The molecule has 1 aromatic heterocycles. The maximum atomic E-state index is 15.4. The summed E-state index contributed by atoms with van der Waals surface area (Å²) in [5.74, 6) is -2.75. The van der Waals surface area contributed by atoms with Crippen LogP contribution in [0.5, 0.6) is 0 Å². The summed E-state index contributed by atoms with van der Waals surface area (Å²) < 4.78 is 30.0. The van der Waals surface area contributed by atoms with Gasteiger partial charge in [-0.2, -0.15) is 0 Å². The number of aromatic nitrogens is 1. The minimum atomic E-state index is -1.84. The van der Waals surface area contributed by atoms with Gasteiger partial charge >= 0.3 is 0 Å². The molecule has 1 unspecified atom stereocenters. The number of benzene rings is 1. The number of piperidine rings is 1. The number of alkyl halides is 1. The molecule has 4 amide bonds. The van der Waals surface area contributed by atoms with Crippen LogP contribution in [0, 0.1) is 5.82 Å². The van der Waals surface area contributed by atoms with E-state index in [9.17, 15) is 23.6 Å². The summed E-state index contributed by atoms with van der Waals surface area (Å²) >= 11 is 5.78. The van der Waals surface area contributed by atoms with Crippen molar-refractivity contribution in [3.8, 4) is 0 Å². The van der Waals surface area contributed by atoms with Gasteiger partial charge in [0.25, 0.3) is 11.8 Å². The number of pyridine rings is 1. The molecule has 2 aliphatic heterocycles. The van der Waals surface area contributed by atoms with E-state index in [1.54, 1.807) is 0 Å². The lowest BCUT2D eigenvalue weighted by atomic mass is 9.75. The van der Waals surface area contributed by atoms with Crippen LogP contribution in [-0.4, -0.2) is 45.2 Å². The molecule has 1 aliphatic carbocycles. The fourth-order valence-electron chi connectivity index (χ4n) is 4.81. The SMILES string of the molecule is O=C1CCC(N2Cc3cc(C(=O)N[C@H](c4ncc(Cl)cc4F)C4(F)CCC4)ccc3C2=O)C(=O)N1. The number of fused-ring (bicyclic) bond motifs is 1. The quantitative estimate of drug-likeness (QED) is 0.611. The molecule has 182 valence electrons. The third-order valence-electron chi connectivity index (χ3n) is 6.87. The van der Waals surface area contributed by atoms with Crippen LogP contribution in [0.1, 0.15) is 70.1 Å². The summed E-state index contributed by atoms with van der Waals surface area (Å²) in [7, 11) is 0. The highest BCUT2D eigenvalue weighted by molar-refractivity contribution is 6.30. The Morgan fingerprint density at radius 2 is 2.03 bits per heavy atom. The van der Waals surface area contributed by atoms with Gasteiger partial charge in [-0.05, 0) is 55.5 Å². The minimum Gasteiger partial charge on any atom is -0.340 e. The molecular weight excluding hydrogens is 482 g/mol. The number of hydrogen-bond donors (Lipinski definition) is 2. The molecule has 0 bridgehead atoms. The van der Waals surface area contributed by atoms with Crippen molar-refractivity contribution in [1.82, 2.24) is 20.5 Å². The van der Waals surface area contributed by atoms with Crippen molar-refractivity contribution < 1.29 is 28.0 Å². The minimum absolute atomic E-state index is 0.0571. The van der Waals surface area contributed by atoms with E-state index >= 15 is 4.39 Å². The van der Waals surface area contributed by atoms with Crippen molar-refractivity contribution in [2.45, 2.75) is 56.4 Å². The molecule has 8 nitrogen and oxygen atoms in total. The zero-order chi connectivity index (χ0) is 24.9. The van der Waals surface area contributed by atoms with Crippen LogP contribution < -0.4 is 10.6 Å². The number of rotatable bonds is 5. The molecule has 0 radical (unpaired) electrons. The molecule has 2 atom stereocenters. The lowest BCUT2D eigenvalue weighted by molar-refractivity contribution is -0.136. The second-order valence-electron chi connectivity index (χ2n) is 9.09. The highest BCUT2D eigenvalue weighted by Crippen LogP contribution is 2.46. The standard InChI is InChI=1S/C24H21ClF2N4O4/c25-14-9-16(26)19(28-10-14)20(24(27)6-1-7-24)30-21(33)12-2-3-15-13(8-12)11-31(23(15)35)17-4-5-18(32)29-22(17)34/h2-3,8-10,17,20H,1,4-7,11H2,(H,30,33)(H,29,32,34)/t17?,20-/m1/s1. The lowest BCUT2D eigenvalue weighted by Gasteiger charge is -2.40. The predicted octanol–water partition coefficient (Wildman–Crippen LogP) is 3.00. The van der Waals surface area contributed by atoms with Gasteiger partial charge in [0.2, 0.25) is 11.8 Å². The van der Waals surface area contributed by atoms with E-state index in [1.165, 1.54) is 29.3 Å². The van der Waals surface area contributed by atoms with E-state index in [0.717, 1.165) is 6.07 Å². The molecule has 1 saturated heterocycles. The second-order valence-corrected chi connectivity index (χ2v) is 9.52. The molecule has 0 spiro atoms. The van der Waals surface area contributed by atoms with Crippen LogP contribution in [0.25, 0.3) is 0 Å². The summed E-state index contributed by atoms with van der Waals surface area (Å²) in [4.78, 5) is 54.9. The number of carbonyl (C=O) groups excluding carboxylic acids is 4. The van der Waals surface area contributed by atoms with Gasteiger partial charge in [0.15, 0.2) is 0 Å². The van der Waals surface area contributed by atoms with E-state index in [2.05, 4.69) is 15.6 Å². The average Bonchev–Trinajstić information content (AvgIpc) is 3.12. The number of imide groups is 1. The Morgan fingerprint density at radius 3 is 2.69 bits per heavy atom. The summed E-state index contributed by atoms with van der Waals surface area (Å²) in [6.45, 7) is 0.0887. The molecular formula is C24H21ClF2N4O4. The van der Waals surface area contributed by atoms with Crippen molar-refractivity contribution in [2.24, 2.45) is 0 Å². The molecule has 1 saturated carbocycles. The normalized spacial score (nSPS) is 21.7. The first kappa shape index (κ1) is 23.3. The fourth-order valence-corrected chi connectivity index (χ4v) is 4.96. The van der Waals surface area contributed by atoms with E-state index in [0.29, 0.717) is 17.5 Å². The van der Waals surface area contributed by atoms with Crippen molar-refractivity contribution in [1.29, 1.82) is 0 Å². The number of halogens is 3. The second kappa shape index (κ2) is 8.67. The summed E-state index contributed by atoms with van der Waals surface area (Å²) in [6, 6.07) is 3.34. The molecule has 2 fully saturated rings. The third kappa shape index (κ3) is 4.16. The Hall–Kier alpha value is -3.40. The van der Waals surface area contributed by atoms with Crippen molar-refractivity contribution in [3.05, 3.63) is 63.7 Å². The Labute approximate surface area is 204 Å². The van der Waals surface area contributed by atoms with Crippen molar-refractivity contribution >= 4 is 35.2 Å². The first-order chi connectivity index (χ1) is 16.7. The summed E-state index contributed by atoms with van der Waals surface area (Å²) in [5.41, 5.74) is -1.05. The molecule has 1 aromatic carbocycles. The monoisotopic (exact) mass is 502 g/mol. The average molecular weight is 503 g/mol. The van der Waals surface area contributed by atoms with E-state index < -0.39 is 35.4 Å². The molecule has 3 heterocycles. The Kier molecular flexibility index (Phi) is 5.79. The first-order valence-electron chi connectivity index (χ1n) is 11.2. The number of amides is 4. The molecule has 35 heavy (non-hydrogen) atoms. The van der Waals surface area contributed by atoms with Crippen LogP contribution in [0.15, 0.2) is 30.5 Å². The Bertz CT molecular complexity index is 1270. The van der Waals surface area contributed by atoms with Crippen LogP contribution in [0.2, 0.25) is 5.02 Å². The number of hydrogen-bond acceptors (Lipinski definition) is 5. The molecule has 2 aromatic rings. The van der Waals surface area contributed by atoms with Gasteiger partial charge in [-0.3, -0.25) is 29.5 Å². The largest absolute Gasteiger partial charge is 0.340 e. The maximum Gasteiger partial charge on any atom is 0.255 e. The number of nitrogens with one attached hydrogen (secondary N) is 2. The molecule has 11 heteroatoms.